The molecule has 0 aliphatic carbocycles. The molecule has 72 valence electrons. The molecule has 0 fully saturated rings. The van der Waals surface area contributed by atoms with Crippen LogP contribution in [-0.4, -0.2) is 11.6 Å². The Labute approximate surface area is 75.6 Å². The molecule has 0 saturated heterocycles. The maximum Gasteiger partial charge on any atom is 0.388 e. The predicted molar refractivity (Wildman–Crippen MR) is 45.1 cm³/mol. The van der Waals surface area contributed by atoms with Gasteiger partial charge in [-0.1, -0.05) is 0 Å². The zero-order valence-electron chi connectivity index (χ0n) is 7.77. The van der Waals surface area contributed by atoms with Gasteiger partial charge in [0, 0.05) is 11.8 Å². The number of aryl methyl sites for hydroxylation is 1. The maximum absolute atomic E-state index is 11.9. The second-order valence-electron chi connectivity index (χ2n) is 2.87. The van der Waals surface area contributed by atoms with Crippen molar-refractivity contribution < 1.29 is 13.5 Å². The largest absolute Gasteiger partial charge is 0.417 e. The zero-order valence-corrected chi connectivity index (χ0v) is 7.77. The second kappa shape index (κ2) is 3.68. The Morgan fingerprint density at radius 3 is 2.38 bits per heavy atom. The normalized spacial score (nSPS) is 10.6. The Hall–Kier alpha value is -1.19. The first kappa shape index (κ1) is 9.89. The van der Waals surface area contributed by atoms with Crippen molar-refractivity contribution in [3.8, 4) is 5.88 Å². The van der Waals surface area contributed by atoms with Crippen molar-refractivity contribution in [1.82, 2.24) is 4.98 Å². The molecule has 0 aromatic carbocycles. The molecule has 0 aliphatic heterocycles. The fraction of sp³-hybridized carbons (Fsp3) is 0.444. The predicted octanol–water partition coefficient (Wildman–Crippen LogP) is 2.61. The summed E-state index contributed by atoms with van der Waals surface area (Å²) in [6.07, 6.45) is 1.53. The lowest BCUT2D eigenvalue weighted by molar-refractivity contribution is -0.0533. The minimum absolute atomic E-state index is 0.0121. The van der Waals surface area contributed by atoms with E-state index in [2.05, 4.69) is 9.72 Å². The monoisotopic (exact) mass is 187 g/mol. The minimum Gasteiger partial charge on any atom is -0.417 e. The molecule has 0 N–H and O–H groups in total. The third-order valence-corrected chi connectivity index (χ3v) is 2.05. The Morgan fingerprint density at radius 1 is 1.23 bits per heavy atom. The summed E-state index contributed by atoms with van der Waals surface area (Å²) in [5, 5.41) is 0. The van der Waals surface area contributed by atoms with Crippen LogP contribution in [0.4, 0.5) is 8.78 Å². The summed E-state index contributed by atoms with van der Waals surface area (Å²) >= 11 is 0. The van der Waals surface area contributed by atoms with Crippen molar-refractivity contribution in [2.24, 2.45) is 0 Å². The Morgan fingerprint density at radius 2 is 1.85 bits per heavy atom. The van der Waals surface area contributed by atoms with Crippen molar-refractivity contribution in [1.29, 1.82) is 0 Å². The molecule has 0 aliphatic rings. The van der Waals surface area contributed by atoms with E-state index >= 15 is 0 Å². The van der Waals surface area contributed by atoms with E-state index in [4.69, 9.17) is 0 Å². The first-order valence-electron chi connectivity index (χ1n) is 3.90. The molecule has 1 aromatic rings. The molecule has 0 spiro atoms. The van der Waals surface area contributed by atoms with Gasteiger partial charge in [0.25, 0.3) is 0 Å². The van der Waals surface area contributed by atoms with Crippen molar-refractivity contribution in [3.63, 3.8) is 0 Å². The van der Waals surface area contributed by atoms with Gasteiger partial charge < -0.3 is 4.74 Å². The van der Waals surface area contributed by atoms with E-state index in [1.54, 1.807) is 6.92 Å². The van der Waals surface area contributed by atoms with Crippen LogP contribution in [0.15, 0.2) is 6.20 Å². The number of hydrogen-bond acceptors (Lipinski definition) is 2. The molecule has 0 saturated carbocycles. The number of aromatic nitrogens is 1. The first-order chi connectivity index (χ1) is 6.02. The van der Waals surface area contributed by atoms with Gasteiger partial charge in [-0.05, 0) is 31.9 Å². The highest BCUT2D eigenvalue weighted by atomic mass is 19.3. The average Bonchev–Trinajstić information content (AvgIpc) is 2.06. The third kappa shape index (κ3) is 2.14. The summed E-state index contributed by atoms with van der Waals surface area (Å²) in [7, 11) is 0. The van der Waals surface area contributed by atoms with E-state index in [-0.39, 0.29) is 5.88 Å². The van der Waals surface area contributed by atoms with Crippen LogP contribution < -0.4 is 4.74 Å². The second-order valence-corrected chi connectivity index (χ2v) is 2.87. The van der Waals surface area contributed by atoms with Gasteiger partial charge in [-0.25, -0.2) is 4.98 Å². The molecule has 2 nitrogen and oxygen atoms in total. The van der Waals surface area contributed by atoms with E-state index in [1.165, 1.54) is 6.20 Å². The molecule has 1 aromatic heterocycles. The minimum atomic E-state index is -2.81. The van der Waals surface area contributed by atoms with Crippen LogP contribution in [0.5, 0.6) is 5.88 Å². The lowest BCUT2D eigenvalue weighted by Crippen LogP contribution is -2.06. The van der Waals surface area contributed by atoms with Gasteiger partial charge in [-0.2, -0.15) is 8.78 Å². The summed E-state index contributed by atoms with van der Waals surface area (Å²) in [5.74, 6) is 0.0121. The molecule has 0 atom stereocenters. The average molecular weight is 187 g/mol. The number of nitrogens with zero attached hydrogens (tertiary/aromatic N) is 1. The Kier molecular flexibility index (Phi) is 2.80. The van der Waals surface area contributed by atoms with Crippen LogP contribution in [0.25, 0.3) is 0 Å². The van der Waals surface area contributed by atoms with Crippen LogP contribution in [0.1, 0.15) is 16.7 Å². The lowest BCUT2D eigenvalue weighted by atomic mass is 10.1. The van der Waals surface area contributed by atoms with E-state index in [1.807, 2.05) is 13.8 Å². The Balaban J connectivity index is 3.04. The van der Waals surface area contributed by atoms with Crippen LogP contribution in [-0.2, 0) is 0 Å². The highest BCUT2D eigenvalue weighted by molar-refractivity contribution is 5.36. The SMILES string of the molecule is Cc1cnc(OC(F)F)c(C)c1C. The highest BCUT2D eigenvalue weighted by Gasteiger charge is 2.10. The molecule has 13 heavy (non-hydrogen) atoms. The summed E-state index contributed by atoms with van der Waals surface area (Å²) in [6, 6.07) is 0. The summed E-state index contributed by atoms with van der Waals surface area (Å²) in [6.45, 7) is 2.63. The number of ether oxygens (including phenoxy) is 1. The van der Waals surface area contributed by atoms with E-state index in [0.29, 0.717) is 5.56 Å². The van der Waals surface area contributed by atoms with Gasteiger partial charge in [0.05, 0.1) is 0 Å². The highest BCUT2D eigenvalue weighted by Crippen LogP contribution is 2.21. The van der Waals surface area contributed by atoms with Crippen molar-refractivity contribution >= 4 is 0 Å². The van der Waals surface area contributed by atoms with Crippen molar-refractivity contribution in [2.75, 3.05) is 0 Å². The summed E-state index contributed by atoms with van der Waals surface area (Å²) < 4.78 is 28.0. The van der Waals surface area contributed by atoms with Crippen LogP contribution in [0.3, 0.4) is 0 Å². The van der Waals surface area contributed by atoms with E-state index < -0.39 is 6.61 Å². The Bertz CT molecular complexity index is 313. The third-order valence-electron chi connectivity index (χ3n) is 2.05. The number of alkyl halides is 2. The molecular weight excluding hydrogens is 176 g/mol. The van der Waals surface area contributed by atoms with E-state index in [0.717, 1.165) is 11.1 Å². The van der Waals surface area contributed by atoms with Crippen molar-refractivity contribution in [3.05, 3.63) is 22.9 Å². The molecule has 4 heteroatoms. The molecule has 1 rings (SSSR count). The maximum atomic E-state index is 11.9. The smallest absolute Gasteiger partial charge is 0.388 e. The lowest BCUT2D eigenvalue weighted by Gasteiger charge is -2.09. The van der Waals surface area contributed by atoms with Gasteiger partial charge in [0.1, 0.15) is 0 Å². The van der Waals surface area contributed by atoms with Gasteiger partial charge in [-0.15, -0.1) is 0 Å². The molecule has 1 heterocycles. The standard InChI is InChI=1S/C9H11F2NO/c1-5-4-12-8(13-9(10)11)7(3)6(5)2/h4,9H,1-3H3. The van der Waals surface area contributed by atoms with Crippen LogP contribution >= 0.6 is 0 Å². The number of pyridine rings is 1. The van der Waals surface area contributed by atoms with Gasteiger partial charge >= 0.3 is 6.61 Å². The summed E-state index contributed by atoms with van der Waals surface area (Å²) in [5.41, 5.74) is 2.57. The number of rotatable bonds is 2. The van der Waals surface area contributed by atoms with Gasteiger partial charge in [0.15, 0.2) is 0 Å². The first-order valence-corrected chi connectivity index (χ1v) is 3.90. The van der Waals surface area contributed by atoms with Gasteiger partial charge in [0.2, 0.25) is 5.88 Å². The fourth-order valence-electron chi connectivity index (χ4n) is 1.01. The summed E-state index contributed by atoms with van der Waals surface area (Å²) in [4.78, 5) is 3.78. The van der Waals surface area contributed by atoms with E-state index in [9.17, 15) is 8.78 Å². The molecular formula is C9H11F2NO. The molecule has 0 radical (unpaired) electrons. The fourth-order valence-corrected chi connectivity index (χ4v) is 1.01. The molecule has 0 unspecified atom stereocenters. The quantitative estimate of drug-likeness (QED) is 0.710. The molecule has 0 amide bonds. The van der Waals surface area contributed by atoms with Crippen molar-refractivity contribution in [2.45, 2.75) is 27.4 Å². The molecule has 0 bridgehead atoms. The number of halogens is 2. The topological polar surface area (TPSA) is 22.1 Å². The van der Waals surface area contributed by atoms with Gasteiger partial charge in [-0.3, -0.25) is 0 Å². The zero-order chi connectivity index (χ0) is 10.0. The van der Waals surface area contributed by atoms with Crippen LogP contribution in [0, 0.1) is 20.8 Å². The number of hydrogen-bond donors (Lipinski definition) is 0. The van der Waals surface area contributed by atoms with Crippen LogP contribution in [0.2, 0.25) is 0 Å².